The third-order valence-electron chi connectivity index (χ3n) is 4.96. The zero-order valence-electron chi connectivity index (χ0n) is 16.5. The van der Waals surface area contributed by atoms with Crippen LogP contribution >= 0.6 is 27.3 Å². The van der Waals surface area contributed by atoms with Crippen molar-refractivity contribution in [1.29, 1.82) is 0 Å². The minimum atomic E-state index is -4.62. The summed E-state index contributed by atoms with van der Waals surface area (Å²) in [5.41, 5.74) is -0.283. The molecule has 0 aliphatic heterocycles. The second-order valence-electron chi connectivity index (χ2n) is 7.00. The maximum Gasteiger partial charge on any atom is 0.418 e. The van der Waals surface area contributed by atoms with E-state index in [1.807, 2.05) is 29.6 Å². The number of halogens is 4. The number of thiophene rings is 1. The largest absolute Gasteiger partial charge is 0.418 e. The van der Waals surface area contributed by atoms with E-state index in [1.54, 1.807) is 0 Å². The summed E-state index contributed by atoms with van der Waals surface area (Å²) >= 11 is 4.68. The van der Waals surface area contributed by atoms with Crippen molar-refractivity contribution >= 4 is 49.1 Å². The Morgan fingerprint density at radius 1 is 1.16 bits per heavy atom. The summed E-state index contributed by atoms with van der Waals surface area (Å²) in [5.74, 6) is -0.759. The molecule has 32 heavy (non-hydrogen) atoms. The number of amides is 1. The Labute approximate surface area is 192 Å². The van der Waals surface area contributed by atoms with Gasteiger partial charge in [0.2, 0.25) is 5.91 Å². The van der Waals surface area contributed by atoms with Crippen molar-refractivity contribution < 1.29 is 18.0 Å². The number of aromatic nitrogens is 2. The quantitative estimate of drug-likeness (QED) is 0.352. The Hall–Kier alpha value is -2.98. The number of hydrogen-bond donors (Lipinski definition) is 1. The summed E-state index contributed by atoms with van der Waals surface area (Å²) in [7, 11) is 0. The van der Waals surface area contributed by atoms with Crippen LogP contribution in [0.3, 0.4) is 0 Å². The van der Waals surface area contributed by atoms with Crippen molar-refractivity contribution in [3.05, 3.63) is 80.6 Å². The van der Waals surface area contributed by atoms with Crippen LogP contribution in [-0.4, -0.2) is 15.5 Å². The molecular formula is C22H15BrF3N3O2S. The molecule has 1 atom stereocenters. The molecule has 1 N–H and O–H groups in total. The van der Waals surface area contributed by atoms with Crippen molar-refractivity contribution in [3.63, 3.8) is 0 Å². The molecule has 0 aliphatic rings. The van der Waals surface area contributed by atoms with Gasteiger partial charge in [-0.2, -0.15) is 13.2 Å². The molecule has 0 radical (unpaired) electrons. The molecule has 5 nitrogen and oxygen atoms in total. The minimum absolute atomic E-state index is 0.357. The topological polar surface area (TPSA) is 64.0 Å². The molecule has 1 amide bonds. The zero-order valence-corrected chi connectivity index (χ0v) is 18.9. The molecule has 0 fully saturated rings. The summed E-state index contributed by atoms with van der Waals surface area (Å²) in [6.45, 7) is 1.44. The number of carbonyl (C=O) groups excluding carboxylic acids is 1. The van der Waals surface area contributed by atoms with Crippen LogP contribution in [0.2, 0.25) is 0 Å². The predicted octanol–water partition coefficient (Wildman–Crippen LogP) is 6.11. The number of fused-ring (bicyclic) bond motifs is 1. The number of anilines is 1. The molecule has 2 aromatic heterocycles. The second kappa shape index (κ2) is 8.51. The first-order chi connectivity index (χ1) is 15.2. The minimum Gasteiger partial charge on any atom is -0.324 e. The lowest BCUT2D eigenvalue weighted by Gasteiger charge is -2.18. The normalized spacial score (nSPS) is 12.7. The lowest BCUT2D eigenvalue weighted by molar-refractivity contribution is -0.137. The van der Waals surface area contributed by atoms with Crippen LogP contribution in [0.4, 0.5) is 18.9 Å². The summed E-state index contributed by atoms with van der Waals surface area (Å²) in [4.78, 5) is 30.8. The SMILES string of the molecule is CC(C(=O)Nc1ccccc1C(F)(F)F)n1cnc2scc(-c3ccc(Br)cc3)c2c1=O. The molecule has 0 saturated heterocycles. The van der Waals surface area contributed by atoms with Crippen molar-refractivity contribution in [2.24, 2.45) is 0 Å². The second-order valence-corrected chi connectivity index (χ2v) is 8.78. The highest BCUT2D eigenvalue weighted by molar-refractivity contribution is 9.10. The van der Waals surface area contributed by atoms with Crippen LogP contribution in [-0.2, 0) is 11.0 Å². The maximum absolute atomic E-state index is 13.2. The zero-order chi connectivity index (χ0) is 23.0. The van der Waals surface area contributed by atoms with Crippen molar-refractivity contribution in [2.45, 2.75) is 19.1 Å². The molecule has 2 heterocycles. The van der Waals surface area contributed by atoms with Crippen LogP contribution < -0.4 is 10.9 Å². The Morgan fingerprint density at radius 2 is 1.84 bits per heavy atom. The molecule has 4 rings (SSSR count). The number of hydrogen-bond acceptors (Lipinski definition) is 4. The van der Waals surface area contributed by atoms with Gasteiger partial charge >= 0.3 is 6.18 Å². The van der Waals surface area contributed by atoms with Gasteiger partial charge in [0, 0.05) is 15.4 Å². The summed E-state index contributed by atoms with van der Waals surface area (Å²) in [6, 6.07) is 11.0. The summed E-state index contributed by atoms with van der Waals surface area (Å²) < 4.78 is 41.7. The first-order valence-electron chi connectivity index (χ1n) is 9.38. The van der Waals surface area contributed by atoms with Crippen molar-refractivity contribution in [2.75, 3.05) is 5.32 Å². The third-order valence-corrected chi connectivity index (χ3v) is 6.38. The van der Waals surface area contributed by atoms with E-state index in [1.165, 1.54) is 42.8 Å². The van der Waals surface area contributed by atoms with Crippen LogP contribution in [0.25, 0.3) is 21.3 Å². The summed E-state index contributed by atoms with van der Waals surface area (Å²) in [5, 5.41) is 4.46. The van der Waals surface area contributed by atoms with Gasteiger partial charge in [-0.15, -0.1) is 11.3 Å². The highest BCUT2D eigenvalue weighted by Gasteiger charge is 2.34. The molecule has 2 aromatic carbocycles. The molecule has 1 unspecified atom stereocenters. The van der Waals surface area contributed by atoms with E-state index in [2.05, 4.69) is 26.2 Å². The average Bonchev–Trinajstić information content (AvgIpc) is 3.19. The fourth-order valence-electron chi connectivity index (χ4n) is 3.27. The van der Waals surface area contributed by atoms with Crippen molar-refractivity contribution in [3.8, 4) is 11.1 Å². The fourth-order valence-corrected chi connectivity index (χ4v) is 4.44. The average molecular weight is 522 g/mol. The molecule has 10 heteroatoms. The Bertz CT molecular complexity index is 1360. The third kappa shape index (κ3) is 4.20. The van der Waals surface area contributed by atoms with Crippen LogP contribution in [0, 0.1) is 0 Å². The Morgan fingerprint density at radius 3 is 2.53 bits per heavy atom. The lowest BCUT2D eigenvalue weighted by Crippen LogP contribution is -2.32. The van der Waals surface area contributed by atoms with Gasteiger partial charge in [-0.25, -0.2) is 4.98 Å². The van der Waals surface area contributed by atoms with Crippen molar-refractivity contribution in [1.82, 2.24) is 9.55 Å². The van der Waals surface area contributed by atoms with E-state index < -0.39 is 29.2 Å². The maximum atomic E-state index is 13.2. The Kier molecular flexibility index (Phi) is 5.91. The van der Waals surface area contributed by atoms with Crippen LogP contribution in [0.15, 0.2) is 69.5 Å². The van der Waals surface area contributed by atoms with Gasteiger partial charge in [0.25, 0.3) is 5.56 Å². The van der Waals surface area contributed by atoms with E-state index in [4.69, 9.17) is 0 Å². The van der Waals surface area contributed by atoms with Gasteiger partial charge in [0.15, 0.2) is 0 Å². The number of nitrogens with zero attached hydrogens (tertiary/aromatic N) is 2. The summed E-state index contributed by atoms with van der Waals surface area (Å²) in [6.07, 6.45) is -3.38. The lowest BCUT2D eigenvalue weighted by atomic mass is 10.1. The molecule has 0 spiro atoms. The van der Waals surface area contributed by atoms with Crippen LogP contribution in [0.1, 0.15) is 18.5 Å². The molecule has 0 bridgehead atoms. The van der Waals surface area contributed by atoms with Gasteiger partial charge in [-0.1, -0.05) is 40.2 Å². The van der Waals surface area contributed by atoms with Crippen LogP contribution in [0.5, 0.6) is 0 Å². The number of rotatable bonds is 4. The fraction of sp³-hybridized carbons (Fsp3) is 0.136. The smallest absolute Gasteiger partial charge is 0.324 e. The van der Waals surface area contributed by atoms with Gasteiger partial charge < -0.3 is 5.32 Å². The molecule has 4 aromatic rings. The Balaban J connectivity index is 1.70. The van der Waals surface area contributed by atoms with Gasteiger partial charge in [-0.3, -0.25) is 14.2 Å². The number of carbonyl (C=O) groups is 1. The predicted molar refractivity (Wildman–Crippen MR) is 122 cm³/mol. The molecule has 0 saturated carbocycles. The number of benzene rings is 2. The number of para-hydroxylation sites is 1. The number of alkyl halides is 3. The number of nitrogens with one attached hydrogen (secondary N) is 1. The van der Waals surface area contributed by atoms with Gasteiger partial charge in [-0.05, 0) is 36.8 Å². The highest BCUT2D eigenvalue weighted by atomic mass is 79.9. The monoisotopic (exact) mass is 521 g/mol. The van der Waals surface area contributed by atoms with Gasteiger partial charge in [0.1, 0.15) is 10.9 Å². The first-order valence-corrected chi connectivity index (χ1v) is 11.1. The first kappa shape index (κ1) is 22.2. The van der Waals surface area contributed by atoms with E-state index in [0.29, 0.717) is 15.8 Å². The molecular weight excluding hydrogens is 507 g/mol. The van der Waals surface area contributed by atoms with E-state index >= 15 is 0 Å². The highest BCUT2D eigenvalue weighted by Crippen LogP contribution is 2.35. The van der Waals surface area contributed by atoms with E-state index in [9.17, 15) is 22.8 Å². The van der Waals surface area contributed by atoms with E-state index in [0.717, 1.165) is 20.7 Å². The van der Waals surface area contributed by atoms with Gasteiger partial charge in [0.05, 0.1) is 23.0 Å². The van der Waals surface area contributed by atoms with E-state index in [-0.39, 0.29) is 5.69 Å². The molecule has 0 aliphatic carbocycles. The molecule has 164 valence electrons. The standard InChI is InChI=1S/C22H15BrF3N3O2S/c1-12(19(30)28-17-5-3-2-4-16(17)22(24,25)26)29-11-27-20-18(21(29)31)15(10-32-20)13-6-8-14(23)9-7-13/h2-12H,1H3,(H,28,30).